The average Bonchev–Trinajstić information content (AvgIpc) is 2.96. The van der Waals surface area contributed by atoms with Crippen LogP contribution in [0.2, 0.25) is 5.02 Å². The first-order chi connectivity index (χ1) is 12.5. The van der Waals surface area contributed by atoms with E-state index < -0.39 is 0 Å². The molecule has 2 N–H and O–H groups in total. The van der Waals surface area contributed by atoms with E-state index in [0.717, 1.165) is 34.7 Å². The molecule has 1 aliphatic rings. The van der Waals surface area contributed by atoms with Crippen LogP contribution in [0.5, 0.6) is 11.5 Å². The van der Waals surface area contributed by atoms with Crippen LogP contribution in [-0.2, 0) is 13.0 Å². The van der Waals surface area contributed by atoms with Gasteiger partial charge < -0.3 is 20.1 Å². The second-order valence-corrected chi connectivity index (χ2v) is 7.17. The van der Waals surface area contributed by atoms with Crippen LogP contribution in [0.25, 0.3) is 0 Å². The molecule has 2 aromatic rings. The molecule has 0 bridgehead atoms. The first kappa shape index (κ1) is 18.8. The largest absolute Gasteiger partial charge is 0.494 e. The lowest BCUT2D eigenvalue weighted by atomic mass is 10.1. The van der Waals surface area contributed by atoms with Crippen molar-refractivity contribution in [3.05, 3.63) is 52.0 Å². The fourth-order valence-corrected chi connectivity index (χ4v) is 3.35. The highest BCUT2D eigenvalue weighted by atomic mass is 35.5. The van der Waals surface area contributed by atoms with Crippen LogP contribution >= 0.6 is 23.8 Å². The van der Waals surface area contributed by atoms with Crippen LogP contribution in [0, 0.1) is 6.92 Å². The summed E-state index contributed by atoms with van der Waals surface area (Å²) in [6.07, 6.45) is 1.12. The normalized spacial score (nSPS) is 15.2. The third kappa shape index (κ3) is 4.22. The predicted molar refractivity (Wildman–Crippen MR) is 111 cm³/mol. The zero-order valence-corrected chi connectivity index (χ0v) is 16.8. The van der Waals surface area contributed by atoms with Crippen LogP contribution in [-0.4, -0.2) is 17.8 Å². The van der Waals surface area contributed by atoms with E-state index >= 15 is 0 Å². The molecule has 0 saturated heterocycles. The van der Waals surface area contributed by atoms with Crippen molar-refractivity contribution in [3.8, 4) is 11.5 Å². The molecule has 4 nitrogen and oxygen atoms in total. The lowest BCUT2D eigenvalue weighted by Gasteiger charge is -2.16. The maximum Gasteiger partial charge on any atom is 0.171 e. The molecular formula is C20H23ClN2O2S. The van der Waals surface area contributed by atoms with Crippen LogP contribution in [0.1, 0.15) is 30.5 Å². The van der Waals surface area contributed by atoms with E-state index in [-0.39, 0.29) is 6.10 Å². The molecule has 138 valence electrons. The standard InChI is InChI=1S/C20H23ClN2O2S/c1-4-24-18-9-14-8-12(2)25-19(14)10-15(18)11-22-20(26)23-17-7-5-6-16(21)13(17)3/h5-7,9-10,12H,4,8,11H2,1-3H3,(H2,22,23,26)/t12-/m1/s1. The molecule has 0 unspecified atom stereocenters. The minimum absolute atomic E-state index is 0.205. The van der Waals surface area contributed by atoms with Crippen molar-refractivity contribution >= 4 is 34.6 Å². The fourth-order valence-electron chi connectivity index (χ4n) is 2.99. The Morgan fingerprint density at radius 2 is 2.19 bits per heavy atom. The van der Waals surface area contributed by atoms with E-state index in [1.165, 1.54) is 5.56 Å². The van der Waals surface area contributed by atoms with E-state index in [0.29, 0.717) is 23.3 Å². The van der Waals surface area contributed by atoms with Crippen molar-refractivity contribution in [1.82, 2.24) is 5.32 Å². The molecule has 0 saturated carbocycles. The highest BCUT2D eigenvalue weighted by Gasteiger charge is 2.21. The lowest BCUT2D eigenvalue weighted by Crippen LogP contribution is -2.28. The second kappa shape index (κ2) is 8.14. The molecule has 0 amide bonds. The molecule has 3 rings (SSSR count). The van der Waals surface area contributed by atoms with Crippen molar-refractivity contribution < 1.29 is 9.47 Å². The first-order valence-corrected chi connectivity index (χ1v) is 9.51. The van der Waals surface area contributed by atoms with Gasteiger partial charge in [-0.25, -0.2) is 0 Å². The van der Waals surface area contributed by atoms with Gasteiger partial charge in [0, 0.05) is 34.8 Å². The monoisotopic (exact) mass is 390 g/mol. The molecule has 1 atom stereocenters. The van der Waals surface area contributed by atoms with Crippen LogP contribution < -0.4 is 20.1 Å². The van der Waals surface area contributed by atoms with Gasteiger partial charge in [-0.05, 0) is 62.8 Å². The topological polar surface area (TPSA) is 42.5 Å². The van der Waals surface area contributed by atoms with Gasteiger partial charge in [-0.2, -0.15) is 0 Å². The Balaban J connectivity index is 1.70. The molecule has 0 aromatic heterocycles. The van der Waals surface area contributed by atoms with Crippen LogP contribution in [0.4, 0.5) is 5.69 Å². The molecule has 0 fully saturated rings. The number of fused-ring (bicyclic) bond motifs is 1. The van der Waals surface area contributed by atoms with Crippen molar-refractivity contribution in [2.45, 2.75) is 39.8 Å². The summed E-state index contributed by atoms with van der Waals surface area (Å²) in [5.41, 5.74) is 4.08. The van der Waals surface area contributed by atoms with Gasteiger partial charge in [-0.3, -0.25) is 0 Å². The number of nitrogens with one attached hydrogen (secondary N) is 2. The minimum atomic E-state index is 0.205. The SMILES string of the molecule is CCOc1cc2c(cc1CNC(=S)Nc1cccc(Cl)c1C)O[C@H](C)C2. The van der Waals surface area contributed by atoms with E-state index in [1.54, 1.807) is 0 Å². The van der Waals surface area contributed by atoms with Gasteiger partial charge in [0.2, 0.25) is 0 Å². The molecule has 0 aliphatic carbocycles. The highest BCUT2D eigenvalue weighted by Crippen LogP contribution is 2.35. The van der Waals surface area contributed by atoms with Gasteiger partial charge in [-0.15, -0.1) is 0 Å². The zero-order valence-electron chi connectivity index (χ0n) is 15.2. The van der Waals surface area contributed by atoms with Crippen LogP contribution in [0.15, 0.2) is 30.3 Å². The lowest BCUT2D eigenvalue weighted by molar-refractivity contribution is 0.254. The van der Waals surface area contributed by atoms with Crippen molar-refractivity contribution in [3.63, 3.8) is 0 Å². The third-order valence-corrected chi connectivity index (χ3v) is 4.99. The summed E-state index contributed by atoms with van der Waals surface area (Å²) in [4.78, 5) is 0. The highest BCUT2D eigenvalue weighted by molar-refractivity contribution is 7.80. The second-order valence-electron chi connectivity index (χ2n) is 6.35. The summed E-state index contributed by atoms with van der Waals surface area (Å²) in [6, 6.07) is 9.83. The maximum atomic E-state index is 6.16. The van der Waals surface area contributed by atoms with Gasteiger partial charge in [0.05, 0.1) is 6.61 Å². The number of hydrogen-bond acceptors (Lipinski definition) is 3. The Hall–Kier alpha value is -1.98. The predicted octanol–water partition coefficient (Wildman–Crippen LogP) is 4.86. The zero-order chi connectivity index (χ0) is 18.7. The summed E-state index contributed by atoms with van der Waals surface area (Å²) in [5.74, 6) is 1.81. The van der Waals surface area contributed by atoms with Gasteiger partial charge in [0.25, 0.3) is 0 Å². The smallest absolute Gasteiger partial charge is 0.171 e. The number of ether oxygens (including phenoxy) is 2. The van der Waals surface area contributed by atoms with Crippen LogP contribution in [0.3, 0.4) is 0 Å². The number of halogens is 1. The Kier molecular flexibility index (Phi) is 5.89. The summed E-state index contributed by atoms with van der Waals surface area (Å²) in [7, 11) is 0. The first-order valence-electron chi connectivity index (χ1n) is 8.73. The van der Waals surface area contributed by atoms with Crippen molar-refractivity contribution in [2.24, 2.45) is 0 Å². The maximum absolute atomic E-state index is 6.16. The molecule has 1 aliphatic heterocycles. The quantitative estimate of drug-likeness (QED) is 0.714. The minimum Gasteiger partial charge on any atom is -0.494 e. The van der Waals surface area contributed by atoms with Gasteiger partial charge in [0.1, 0.15) is 17.6 Å². The van der Waals surface area contributed by atoms with Gasteiger partial charge in [-0.1, -0.05) is 17.7 Å². The Morgan fingerprint density at radius 1 is 1.38 bits per heavy atom. The molecule has 2 aromatic carbocycles. The van der Waals surface area contributed by atoms with E-state index in [1.807, 2.05) is 38.1 Å². The Bertz CT molecular complexity index is 826. The van der Waals surface area contributed by atoms with E-state index in [4.69, 9.17) is 33.3 Å². The van der Waals surface area contributed by atoms with E-state index in [2.05, 4.69) is 23.6 Å². The van der Waals surface area contributed by atoms with E-state index in [9.17, 15) is 0 Å². The number of anilines is 1. The number of thiocarbonyl (C=S) groups is 1. The summed E-state index contributed by atoms with van der Waals surface area (Å²) in [5, 5.41) is 7.68. The number of hydrogen-bond donors (Lipinski definition) is 2. The average molecular weight is 391 g/mol. The summed E-state index contributed by atoms with van der Waals surface area (Å²) in [6.45, 7) is 7.18. The van der Waals surface area contributed by atoms with Gasteiger partial charge in [0.15, 0.2) is 5.11 Å². The van der Waals surface area contributed by atoms with Crippen molar-refractivity contribution in [1.29, 1.82) is 0 Å². The molecular weight excluding hydrogens is 368 g/mol. The molecule has 0 radical (unpaired) electrons. The third-order valence-electron chi connectivity index (χ3n) is 4.33. The molecule has 0 spiro atoms. The van der Waals surface area contributed by atoms with Gasteiger partial charge >= 0.3 is 0 Å². The van der Waals surface area contributed by atoms with Crippen molar-refractivity contribution in [2.75, 3.05) is 11.9 Å². The summed E-state index contributed by atoms with van der Waals surface area (Å²) >= 11 is 11.6. The molecule has 1 heterocycles. The summed E-state index contributed by atoms with van der Waals surface area (Å²) < 4.78 is 11.7. The number of benzene rings is 2. The fraction of sp³-hybridized carbons (Fsp3) is 0.350. The Morgan fingerprint density at radius 3 is 2.96 bits per heavy atom. The molecule has 6 heteroatoms. The molecule has 26 heavy (non-hydrogen) atoms. The number of rotatable bonds is 5. The Labute approximate surface area is 164 Å².